The summed E-state index contributed by atoms with van der Waals surface area (Å²) in [6.07, 6.45) is 6.83. The molecule has 0 aliphatic carbocycles. The Morgan fingerprint density at radius 2 is 2.17 bits per heavy atom. The molecule has 6 heteroatoms. The summed E-state index contributed by atoms with van der Waals surface area (Å²) in [5, 5.41) is 1.96. The Morgan fingerprint density at radius 3 is 2.96 bits per heavy atom. The number of nitrogens with zero attached hydrogens (tertiary/aromatic N) is 3. The van der Waals surface area contributed by atoms with Crippen molar-refractivity contribution in [3.8, 4) is 10.6 Å². The van der Waals surface area contributed by atoms with Gasteiger partial charge in [0.1, 0.15) is 0 Å². The zero-order valence-corrected chi connectivity index (χ0v) is 13.2. The van der Waals surface area contributed by atoms with Gasteiger partial charge in [0, 0.05) is 18.9 Å². The minimum absolute atomic E-state index is 0.0681. The molecular weight excluding hydrogens is 310 g/mol. The van der Waals surface area contributed by atoms with E-state index < -0.39 is 0 Å². The molecule has 0 unspecified atom stereocenters. The number of carbonyl (C=O) groups excluding carboxylic acids is 1. The van der Waals surface area contributed by atoms with Crippen molar-refractivity contribution in [1.29, 1.82) is 0 Å². The van der Waals surface area contributed by atoms with E-state index in [2.05, 4.69) is 9.97 Å². The predicted octanol–water partition coefficient (Wildman–Crippen LogP) is 3.78. The van der Waals surface area contributed by atoms with E-state index in [4.69, 9.17) is 4.42 Å². The van der Waals surface area contributed by atoms with Crippen LogP contribution in [0.2, 0.25) is 0 Å². The molecule has 1 saturated heterocycles. The molecular formula is C17H15N3O2S. The highest BCUT2D eigenvalue weighted by atomic mass is 32.1. The minimum Gasteiger partial charge on any atom is -0.442 e. The number of aromatic nitrogens is 2. The molecule has 0 saturated carbocycles. The van der Waals surface area contributed by atoms with Gasteiger partial charge in [0.2, 0.25) is 0 Å². The highest BCUT2D eigenvalue weighted by molar-refractivity contribution is 7.13. The van der Waals surface area contributed by atoms with Crippen molar-refractivity contribution < 1.29 is 9.21 Å². The van der Waals surface area contributed by atoms with Crippen LogP contribution >= 0.6 is 11.3 Å². The second-order valence-electron chi connectivity index (χ2n) is 5.44. The molecule has 0 radical (unpaired) electrons. The van der Waals surface area contributed by atoms with Crippen molar-refractivity contribution in [1.82, 2.24) is 14.9 Å². The molecule has 0 aromatic carbocycles. The third-order valence-electron chi connectivity index (χ3n) is 4.12. The summed E-state index contributed by atoms with van der Waals surface area (Å²) in [5.41, 5.74) is 1.51. The Kier molecular flexibility index (Phi) is 3.67. The van der Waals surface area contributed by atoms with Gasteiger partial charge >= 0.3 is 0 Å². The van der Waals surface area contributed by atoms with Crippen LogP contribution in [-0.4, -0.2) is 27.3 Å². The molecule has 0 spiro atoms. The van der Waals surface area contributed by atoms with Gasteiger partial charge < -0.3 is 9.32 Å². The smallest absolute Gasteiger partial charge is 0.277 e. The van der Waals surface area contributed by atoms with E-state index in [9.17, 15) is 4.79 Å². The number of amides is 1. The second-order valence-corrected chi connectivity index (χ2v) is 6.39. The van der Waals surface area contributed by atoms with Gasteiger partial charge in [-0.25, -0.2) is 4.98 Å². The number of oxazole rings is 1. The number of likely N-dealkylation sites (tertiary alicyclic amines) is 1. The Hall–Kier alpha value is -2.47. The lowest BCUT2D eigenvalue weighted by Gasteiger charge is -2.24. The van der Waals surface area contributed by atoms with Crippen LogP contribution in [-0.2, 0) is 0 Å². The Bertz CT molecular complexity index is 798. The number of pyridine rings is 1. The summed E-state index contributed by atoms with van der Waals surface area (Å²) in [6, 6.07) is 7.90. The molecule has 5 nitrogen and oxygen atoms in total. The van der Waals surface area contributed by atoms with Gasteiger partial charge in [-0.2, -0.15) is 0 Å². The van der Waals surface area contributed by atoms with Crippen molar-refractivity contribution in [3.63, 3.8) is 0 Å². The number of hydrogen-bond acceptors (Lipinski definition) is 5. The fourth-order valence-electron chi connectivity index (χ4n) is 3.06. The lowest BCUT2D eigenvalue weighted by Crippen LogP contribution is -2.31. The molecule has 4 heterocycles. The van der Waals surface area contributed by atoms with Crippen LogP contribution in [0.15, 0.2) is 52.9 Å². The van der Waals surface area contributed by atoms with Crippen molar-refractivity contribution in [2.24, 2.45) is 0 Å². The second kappa shape index (κ2) is 5.96. The van der Waals surface area contributed by atoms with Crippen LogP contribution in [0.1, 0.15) is 34.9 Å². The summed E-state index contributed by atoms with van der Waals surface area (Å²) in [4.78, 5) is 24.1. The maximum Gasteiger partial charge on any atom is 0.277 e. The first kappa shape index (κ1) is 14.1. The fraction of sp³-hybridized carbons (Fsp3) is 0.235. The van der Waals surface area contributed by atoms with Gasteiger partial charge in [-0.3, -0.25) is 9.78 Å². The van der Waals surface area contributed by atoms with E-state index in [0.29, 0.717) is 11.5 Å². The zero-order chi connectivity index (χ0) is 15.6. The van der Waals surface area contributed by atoms with E-state index in [1.54, 1.807) is 12.4 Å². The molecule has 3 aromatic rings. The average Bonchev–Trinajstić information content (AvgIpc) is 3.34. The summed E-state index contributed by atoms with van der Waals surface area (Å²) >= 11 is 1.54. The Labute approximate surface area is 137 Å². The molecule has 0 N–H and O–H groups in total. The first-order valence-electron chi connectivity index (χ1n) is 7.53. The number of carbonyl (C=O) groups is 1. The summed E-state index contributed by atoms with van der Waals surface area (Å²) in [6.45, 7) is 0.739. The van der Waals surface area contributed by atoms with E-state index >= 15 is 0 Å². The SMILES string of the molecule is O=C(c1ncoc1-c1cccs1)N1CCC[C@@H]1c1ccncc1. The molecule has 1 aliphatic rings. The van der Waals surface area contributed by atoms with Crippen LogP contribution in [0.25, 0.3) is 10.6 Å². The number of thiophene rings is 1. The van der Waals surface area contributed by atoms with Gasteiger partial charge in [0.15, 0.2) is 17.8 Å². The summed E-state index contributed by atoms with van der Waals surface area (Å²) < 4.78 is 5.47. The molecule has 116 valence electrons. The van der Waals surface area contributed by atoms with Gasteiger partial charge in [-0.1, -0.05) is 6.07 Å². The number of rotatable bonds is 3. The predicted molar refractivity (Wildman–Crippen MR) is 87.1 cm³/mol. The zero-order valence-electron chi connectivity index (χ0n) is 12.4. The van der Waals surface area contributed by atoms with Gasteiger partial charge in [0.05, 0.1) is 10.9 Å². The van der Waals surface area contributed by atoms with Crippen LogP contribution in [0.3, 0.4) is 0 Å². The average molecular weight is 325 g/mol. The summed E-state index contributed by atoms with van der Waals surface area (Å²) in [7, 11) is 0. The quantitative estimate of drug-likeness (QED) is 0.735. The molecule has 4 rings (SSSR count). The highest BCUT2D eigenvalue weighted by Gasteiger charge is 2.33. The van der Waals surface area contributed by atoms with E-state index in [0.717, 1.165) is 29.8 Å². The number of hydrogen-bond donors (Lipinski definition) is 0. The van der Waals surface area contributed by atoms with E-state index in [1.165, 1.54) is 17.7 Å². The maximum atomic E-state index is 13.0. The topological polar surface area (TPSA) is 59.2 Å². The van der Waals surface area contributed by atoms with Crippen LogP contribution in [0.4, 0.5) is 0 Å². The molecule has 3 aromatic heterocycles. The Morgan fingerprint density at radius 1 is 1.30 bits per heavy atom. The van der Waals surface area contributed by atoms with Crippen molar-refractivity contribution >= 4 is 17.2 Å². The first-order chi connectivity index (χ1) is 11.3. The fourth-order valence-corrected chi connectivity index (χ4v) is 3.77. The van der Waals surface area contributed by atoms with E-state index in [-0.39, 0.29) is 11.9 Å². The standard InChI is InChI=1S/C17H15N3O2S/c21-17(15-16(22-11-19-15)14-4-2-10-23-14)20-9-1-3-13(20)12-5-7-18-8-6-12/h2,4-8,10-11,13H,1,3,9H2/t13-/m1/s1. The molecule has 1 aliphatic heterocycles. The molecule has 1 amide bonds. The van der Waals surface area contributed by atoms with Crippen molar-refractivity contribution in [2.75, 3.05) is 6.54 Å². The van der Waals surface area contributed by atoms with E-state index in [1.807, 2.05) is 34.5 Å². The molecule has 0 bridgehead atoms. The lowest BCUT2D eigenvalue weighted by atomic mass is 10.1. The largest absolute Gasteiger partial charge is 0.442 e. The molecule has 1 fully saturated rings. The maximum absolute atomic E-state index is 13.0. The highest BCUT2D eigenvalue weighted by Crippen LogP contribution is 2.35. The monoisotopic (exact) mass is 325 g/mol. The van der Waals surface area contributed by atoms with Crippen LogP contribution in [0, 0.1) is 0 Å². The van der Waals surface area contributed by atoms with Gasteiger partial charge in [0.25, 0.3) is 5.91 Å². The summed E-state index contributed by atoms with van der Waals surface area (Å²) in [5.74, 6) is 0.492. The van der Waals surface area contributed by atoms with Gasteiger partial charge in [-0.15, -0.1) is 11.3 Å². The third kappa shape index (κ3) is 2.55. The minimum atomic E-state index is -0.0681. The Balaban J connectivity index is 1.66. The normalized spacial score (nSPS) is 17.6. The van der Waals surface area contributed by atoms with Crippen LogP contribution < -0.4 is 0 Å². The third-order valence-corrected chi connectivity index (χ3v) is 4.99. The lowest BCUT2D eigenvalue weighted by molar-refractivity contribution is 0.0730. The van der Waals surface area contributed by atoms with Crippen molar-refractivity contribution in [3.05, 3.63) is 59.7 Å². The first-order valence-corrected chi connectivity index (χ1v) is 8.41. The molecule has 1 atom stereocenters. The molecule has 23 heavy (non-hydrogen) atoms. The van der Waals surface area contributed by atoms with Crippen LogP contribution in [0.5, 0.6) is 0 Å². The van der Waals surface area contributed by atoms with Crippen molar-refractivity contribution in [2.45, 2.75) is 18.9 Å². The van der Waals surface area contributed by atoms with Gasteiger partial charge in [-0.05, 0) is 42.0 Å².